The van der Waals surface area contributed by atoms with E-state index < -0.39 is 74.8 Å². The molecular weight excluding hydrogens is 670 g/mol. The van der Waals surface area contributed by atoms with E-state index in [1.807, 2.05) is 24.3 Å². The van der Waals surface area contributed by atoms with Crippen molar-refractivity contribution in [1.29, 1.82) is 0 Å². The summed E-state index contributed by atoms with van der Waals surface area (Å²) in [6.07, 6.45) is -5.15. The van der Waals surface area contributed by atoms with Gasteiger partial charge < -0.3 is 20.0 Å². The number of carbonyl (C=O) groups is 2. The molecule has 11 nitrogen and oxygen atoms in total. The smallest absolute Gasteiger partial charge is 0.369 e. The number of halogens is 6. The van der Waals surface area contributed by atoms with E-state index in [0.29, 0.717) is 27.6 Å². The maximum atomic E-state index is 16.0. The Morgan fingerprint density at radius 2 is 1.71 bits per heavy atom. The number of nitrogens with one attached hydrogen (secondary N) is 2. The van der Waals surface area contributed by atoms with Gasteiger partial charge in [0.05, 0.1) is 5.56 Å². The first kappa shape index (κ1) is 33.2. The van der Waals surface area contributed by atoms with Gasteiger partial charge in [-0.3, -0.25) is 4.79 Å². The Balaban J connectivity index is 1.37. The molecule has 4 aromatic rings. The molecular formula is C30H26F6N6O5S. The van der Waals surface area contributed by atoms with Crippen molar-refractivity contribution in [2.45, 2.75) is 18.8 Å². The maximum Gasteiger partial charge on any atom is 0.493 e. The van der Waals surface area contributed by atoms with Crippen LogP contribution in [-0.2, 0) is 19.8 Å². The lowest BCUT2D eigenvalue weighted by Crippen LogP contribution is -2.46. The fraction of sp³-hybridized carbons (Fsp3) is 0.300. The molecule has 1 atom stereocenters. The van der Waals surface area contributed by atoms with Gasteiger partial charge in [-0.2, -0.15) is 25.9 Å². The van der Waals surface area contributed by atoms with Gasteiger partial charge in [-0.15, -0.1) is 0 Å². The Bertz CT molecular complexity index is 1980. The Kier molecular flexibility index (Phi) is 8.82. The highest BCUT2D eigenvalue weighted by Crippen LogP contribution is 2.34. The average molecular weight is 697 g/mol. The van der Waals surface area contributed by atoms with Crippen molar-refractivity contribution in [3.63, 3.8) is 0 Å². The van der Waals surface area contributed by atoms with E-state index >= 15 is 8.78 Å². The molecule has 48 heavy (non-hydrogen) atoms. The lowest BCUT2D eigenvalue weighted by Gasteiger charge is -2.29. The van der Waals surface area contributed by atoms with E-state index in [1.165, 1.54) is 6.20 Å². The van der Waals surface area contributed by atoms with Gasteiger partial charge in [-0.1, -0.05) is 16.6 Å². The Labute approximate surface area is 269 Å². The monoisotopic (exact) mass is 696 g/mol. The number of benzene rings is 2. The van der Waals surface area contributed by atoms with Crippen molar-refractivity contribution in [2.24, 2.45) is 0 Å². The molecule has 0 amide bonds. The second-order valence-corrected chi connectivity index (χ2v) is 12.8. The van der Waals surface area contributed by atoms with Crippen molar-refractivity contribution in [3.8, 4) is 11.1 Å². The third-order valence-corrected chi connectivity index (χ3v) is 9.65. The molecule has 2 N–H and O–H groups in total. The molecule has 18 heteroatoms. The van der Waals surface area contributed by atoms with Crippen molar-refractivity contribution >= 4 is 44.4 Å². The first-order valence-corrected chi connectivity index (χ1v) is 15.9. The van der Waals surface area contributed by atoms with E-state index in [1.54, 1.807) is 6.07 Å². The second-order valence-electron chi connectivity index (χ2n) is 11.0. The van der Waals surface area contributed by atoms with Crippen molar-refractivity contribution in [3.05, 3.63) is 77.6 Å². The Morgan fingerprint density at radius 3 is 2.35 bits per heavy atom. The minimum atomic E-state index is -5.74. The summed E-state index contributed by atoms with van der Waals surface area (Å²) in [5.74, 6) is -7.82. The fourth-order valence-electron chi connectivity index (χ4n) is 5.51. The number of ketones is 1. The predicted molar refractivity (Wildman–Crippen MR) is 161 cm³/mol. The third-order valence-electron chi connectivity index (χ3n) is 7.98. The van der Waals surface area contributed by atoms with Crippen LogP contribution in [0.1, 0.15) is 22.3 Å². The standard InChI is InChI=1S/C30H26F6N6O5S/c31-19-7-10-41(16-19)48(45,46)42(47-29(44)30(34,35)36)24-6-5-23(32)25(26(24)33)27(43)22-15-39-28-21(22)13-18(14-38-28)17-1-3-20(4-2-17)40-11-8-37-9-12-40/h1-6,13-15,19,37H,7-12,16H2,(H,38,39)/t19-/m1/s1. The molecule has 0 aliphatic carbocycles. The number of alkyl halides is 4. The number of aromatic amines is 1. The number of fused-ring (bicyclic) bond motifs is 1. The molecule has 2 aliphatic rings. The van der Waals surface area contributed by atoms with Gasteiger partial charge in [0.1, 0.15) is 23.3 Å². The van der Waals surface area contributed by atoms with E-state index in [2.05, 4.69) is 25.0 Å². The number of hydrogen-bond acceptors (Lipinski definition) is 8. The zero-order valence-corrected chi connectivity index (χ0v) is 25.5. The summed E-state index contributed by atoms with van der Waals surface area (Å²) in [6, 6.07) is 9.89. The number of H-pyrrole nitrogens is 1. The van der Waals surface area contributed by atoms with Gasteiger partial charge in [0.2, 0.25) is 5.78 Å². The lowest BCUT2D eigenvalue weighted by atomic mass is 9.99. The predicted octanol–water partition coefficient (Wildman–Crippen LogP) is 4.26. The number of anilines is 2. The number of aromatic nitrogens is 2. The lowest BCUT2D eigenvalue weighted by molar-refractivity contribution is -0.199. The molecule has 0 saturated carbocycles. The van der Waals surface area contributed by atoms with Crippen LogP contribution in [0.4, 0.5) is 37.7 Å². The molecule has 254 valence electrons. The molecule has 4 heterocycles. The van der Waals surface area contributed by atoms with Gasteiger partial charge in [0, 0.05) is 73.9 Å². The van der Waals surface area contributed by atoms with Crippen LogP contribution in [-0.4, -0.2) is 86.1 Å². The summed E-state index contributed by atoms with van der Waals surface area (Å²) in [4.78, 5) is 38.7. The molecule has 6 rings (SSSR count). The highest BCUT2D eigenvalue weighted by Gasteiger charge is 2.47. The zero-order valence-electron chi connectivity index (χ0n) is 24.7. The van der Waals surface area contributed by atoms with Gasteiger partial charge in [-0.05, 0) is 42.3 Å². The third kappa shape index (κ3) is 6.29. The van der Waals surface area contributed by atoms with Crippen LogP contribution in [0.2, 0.25) is 0 Å². The number of piperazine rings is 1. The van der Waals surface area contributed by atoms with Crippen LogP contribution >= 0.6 is 0 Å². The quantitative estimate of drug-likeness (QED) is 0.159. The van der Waals surface area contributed by atoms with Crippen LogP contribution in [0.5, 0.6) is 0 Å². The molecule has 0 radical (unpaired) electrons. The molecule has 2 aliphatic heterocycles. The van der Waals surface area contributed by atoms with Crippen LogP contribution in [0.3, 0.4) is 0 Å². The molecule has 0 spiro atoms. The number of nitrogens with zero attached hydrogens (tertiary/aromatic N) is 4. The minimum Gasteiger partial charge on any atom is -0.369 e. The number of carbonyl (C=O) groups excluding carboxylic acids is 2. The molecule has 2 aromatic heterocycles. The Hall–Kier alpha value is -4.68. The normalized spacial score (nSPS) is 17.5. The highest BCUT2D eigenvalue weighted by atomic mass is 32.2. The van der Waals surface area contributed by atoms with E-state index in [4.69, 9.17) is 0 Å². The summed E-state index contributed by atoms with van der Waals surface area (Å²) >= 11 is 0. The van der Waals surface area contributed by atoms with Gasteiger partial charge in [0.15, 0.2) is 5.82 Å². The summed E-state index contributed by atoms with van der Waals surface area (Å²) < 4.78 is 110. The first-order chi connectivity index (χ1) is 22.8. The van der Waals surface area contributed by atoms with E-state index in [9.17, 15) is 35.6 Å². The molecule has 2 aromatic carbocycles. The number of rotatable bonds is 8. The first-order valence-electron chi connectivity index (χ1n) is 14.5. The summed E-state index contributed by atoms with van der Waals surface area (Å²) in [6.45, 7) is 1.99. The molecule has 2 saturated heterocycles. The SMILES string of the molecule is O=C(c1c(F)ccc(N(OC(=O)C(F)(F)F)S(=O)(=O)N2CC[C@@H](F)C2)c1F)c1c[nH]c2ncc(-c3ccc(N4CCNCC4)cc3)cc12. The number of hydrogen-bond donors (Lipinski definition) is 2. The molecule has 0 bridgehead atoms. The van der Waals surface area contributed by atoms with Crippen LogP contribution in [0.15, 0.2) is 54.9 Å². The zero-order chi connectivity index (χ0) is 34.4. The molecule has 0 unspecified atom stereocenters. The van der Waals surface area contributed by atoms with Crippen LogP contribution in [0, 0.1) is 11.6 Å². The van der Waals surface area contributed by atoms with Crippen LogP contribution < -0.4 is 14.7 Å². The van der Waals surface area contributed by atoms with E-state index in [0.717, 1.165) is 38.1 Å². The van der Waals surface area contributed by atoms with Crippen LogP contribution in [0.25, 0.3) is 22.2 Å². The highest BCUT2D eigenvalue weighted by molar-refractivity contribution is 7.90. The topological polar surface area (TPSA) is 128 Å². The second kappa shape index (κ2) is 12.7. The van der Waals surface area contributed by atoms with Gasteiger partial charge in [-0.25, -0.2) is 22.9 Å². The van der Waals surface area contributed by atoms with Gasteiger partial charge >= 0.3 is 22.4 Å². The largest absolute Gasteiger partial charge is 0.493 e. The van der Waals surface area contributed by atoms with Gasteiger partial charge in [0.25, 0.3) is 0 Å². The summed E-state index contributed by atoms with van der Waals surface area (Å²) in [5, 5.41) is 3.41. The number of pyridine rings is 1. The Morgan fingerprint density at radius 1 is 1.00 bits per heavy atom. The summed E-state index contributed by atoms with van der Waals surface area (Å²) in [5.41, 5.74) is -0.639. The van der Waals surface area contributed by atoms with E-state index in [-0.39, 0.29) is 23.0 Å². The van der Waals surface area contributed by atoms with Crippen molar-refractivity contribution < 1.29 is 49.2 Å². The molecule has 2 fully saturated rings. The summed E-state index contributed by atoms with van der Waals surface area (Å²) in [7, 11) is -5.37. The van der Waals surface area contributed by atoms with Crippen molar-refractivity contribution in [2.75, 3.05) is 48.6 Å². The average Bonchev–Trinajstić information content (AvgIpc) is 3.70. The maximum absolute atomic E-state index is 16.0. The minimum absolute atomic E-state index is 0.131. The fourth-order valence-corrected chi connectivity index (χ4v) is 6.96. The van der Waals surface area contributed by atoms with Crippen molar-refractivity contribution in [1.82, 2.24) is 19.6 Å².